The highest BCUT2D eigenvalue weighted by molar-refractivity contribution is 5.99. The van der Waals surface area contributed by atoms with Crippen LogP contribution in [0.2, 0.25) is 0 Å². The molecule has 0 saturated carbocycles. The van der Waals surface area contributed by atoms with Gasteiger partial charge in [0.15, 0.2) is 0 Å². The average molecular weight is 407 g/mol. The van der Waals surface area contributed by atoms with E-state index < -0.39 is 0 Å². The number of benzene rings is 1. The number of amides is 1. The average Bonchev–Trinajstić information content (AvgIpc) is 3.04. The molecule has 1 amide bonds. The molecule has 0 N–H and O–H groups in total. The van der Waals surface area contributed by atoms with Gasteiger partial charge in [-0.2, -0.15) is 10.2 Å². The van der Waals surface area contributed by atoms with Crippen molar-refractivity contribution in [2.45, 2.75) is 32.2 Å². The van der Waals surface area contributed by atoms with Gasteiger partial charge in [0, 0.05) is 37.7 Å². The lowest BCUT2D eigenvalue weighted by Gasteiger charge is -2.39. The second kappa shape index (κ2) is 7.27. The fourth-order valence-electron chi connectivity index (χ4n) is 4.56. The van der Waals surface area contributed by atoms with E-state index in [9.17, 15) is 9.59 Å². The van der Waals surface area contributed by atoms with Crippen LogP contribution < -0.4 is 10.3 Å². The van der Waals surface area contributed by atoms with Gasteiger partial charge in [-0.05, 0) is 49.4 Å². The van der Waals surface area contributed by atoms with Gasteiger partial charge in [-0.25, -0.2) is 9.36 Å². The van der Waals surface area contributed by atoms with Crippen LogP contribution in [0.1, 0.15) is 34.5 Å². The highest BCUT2D eigenvalue weighted by Crippen LogP contribution is 2.27. The Labute approximate surface area is 174 Å². The van der Waals surface area contributed by atoms with Crippen LogP contribution in [-0.2, 0) is 26.4 Å². The summed E-state index contributed by atoms with van der Waals surface area (Å²) < 4.78 is 8.62. The number of methoxy groups -OCH3 is 1. The first-order valence-electron chi connectivity index (χ1n) is 10.4. The molecule has 2 aliphatic rings. The van der Waals surface area contributed by atoms with Crippen LogP contribution in [0.3, 0.4) is 0 Å². The summed E-state index contributed by atoms with van der Waals surface area (Å²) in [4.78, 5) is 27.1. The molecule has 1 aliphatic heterocycles. The molecule has 3 heterocycles. The van der Waals surface area contributed by atoms with Gasteiger partial charge in [-0.3, -0.25) is 9.59 Å². The predicted octanol–water partition coefficient (Wildman–Crippen LogP) is 1.79. The molecule has 1 aliphatic carbocycles. The summed E-state index contributed by atoms with van der Waals surface area (Å²) >= 11 is 0. The number of hydrogen-bond donors (Lipinski definition) is 0. The topological polar surface area (TPSA) is 82.2 Å². The Morgan fingerprint density at radius 1 is 1.17 bits per heavy atom. The number of rotatable bonds is 4. The summed E-state index contributed by atoms with van der Waals surface area (Å²) in [5.41, 5.74) is 3.49. The first kappa shape index (κ1) is 18.8. The van der Waals surface area contributed by atoms with Crippen LogP contribution in [-0.4, -0.2) is 50.6 Å². The maximum absolute atomic E-state index is 12.9. The first-order chi connectivity index (χ1) is 14.5. The lowest BCUT2D eigenvalue weighted by molar-refractivity contribution is 0.0458. The summed E-state index contributed by atoms with van der Waals surface area (Å²) in [5, 5.41) is 9.90. The highest BCUT2D eigenvalue weighted by atomic mass is 16.5. The molecule has 0 bridgehead atoms. The van der Waals surface area contributed by atoms with Gasteiger partial charge in [0.25, 0.3) is 11.5 Å². The number of fused-ring (bicyclic) bond motifs is 2. The van der Waals surface area contributed by atoms with Crippen molar-refractivity contribution in [3.05, 3.63) is 51.4 Å². The summed E-state index contributed by atoms with van der Waals surface area (Å²) in [6, 6.07) is 7.25. The summed E-state index contributed by atoms with van der Waals surface area (Å²) in [6.45, 7) is 1.83. The smallest absolute Gasteiger partial charge is 0.267 e. The number of nitrogens with zero attached hydrogens (tertiary/aromatic N) is 5. The van der Waals surface area contributed by atoms with Crippen molar-refractivity contribution in [2.75, 3.05) is 20.2 Å². The number of aryl methyl sites for hydroxylation is 3. The Balaban J connectivity index is 1.26. The number of carbonyl (C=O) groups is 1. The third-order valence-electron chi connectivity index (χ3n) is 6.17. The Hall–Kier alpha value is -3.16. The molecule has 0 unspecified atom stereocenters. The normalized spacial score (nSPS) is 16.4. The minimum Gasteiger partial charge on any atom is -0.481 e. The van der Waals surface area contributed by atoms with Crippen molar-refractivity contribution in [1.82, 2.24) is 24.5 Å². The molecule has 1 fully saturated rings. The molecular weight excluding hydrogens is 382 g/mol. The van der Waals surface area contributed by atoms with E-state index in [1.807, 2.05) is 30.1 Å². The standard InChI is InChI=1S/C22H25N5O3/c1-25-22(30-2)17-8-7-16(9-19(17)23-25)21(29)26-11-14(12-26)13-27-20(28)10-15-5-3-4-6-18(15)24-27/h7-10,14H,3-6,11-13H2,1-2H3. The van der Waals surface area contributed by atoms with Crippen LogP contribution in [0, 0.1) is 5.92 Å². The molecule has 5 rings (SSSR count). The minimum absolute atomic E-state index is 0.0106. The zero-order valence-corrected chi connectivity index (χ0v) is 17.3. The van der Waals surface area contributed by atoms with Gasteiger partial charge >= 0.3 is 0 Å². The lowest BCUT2D eigenvalue weighted by Crippen LogP contribution is -2.52. The fraction of sp³-hybridized carbons (Fsp3) is 0.455. The van der Waals surface area contributed by atoms with E-state index in [1.54, 1.807) is 22.5 Å². The zero-order chi connectivity index (χ0) is 20.8. The molecule has 0 radical (unpaired) electrons. The molecule has 30 heavy (non-hydrogen) atoms. The van der Waals surface area contributed by atoms with E-state index in [0.29, 0.717) is 31.1 Å². The maximum atomic E-state index is 12.9. The number of ether oxygens (including phenoxy) is 1. The van der Waals surface area contributed by atoms with Gasteiger partial charge in [0.05, 0.1) is 30.3 Å². The van der Waals surface area contributed by atoms with E-state index in [2.05, 4.69) is 10.2 Å². The Morgan fingerprint density at radius 3 is 2.77 bits per heavy atom. The third-order valence-corrected chi connectivity index (χ3v) is 6.17. The molecule has 2 aromatic heterocycles. The zero-order valence-electron chi connectivity index (χ0n) is 17.3. The van der Waals surface area contributed by atoms with Crippen molar-refractivity contribution >= 4 is 16.8 Å². The van der Waals surface area contributed by atoms with Gasteiger partial charge in [0.1, 0.15) is 0 Å². The Morgan fingerprint density at radius 2 is 1.97 bits per heavy atom. The van der Waals surface area contributed by atoms with E-state index in [-0.39, 0.29) is 17.4 Å². The van der Waals surface area contributed by atoms with Gasteiger partial charge in [0.2, 0.25) is 5.88 Å². The Kier molecular flexibility index (Phi) is 4.56. The van der Waals surface area contributed by atoms with Crippen molar-refractivity contribution in [3.8, 4) is 5.88 Å². The molecule has 1 aromatic carbocycles. The van der Waals surface area contributed by atoms with Crippen LogP contribution in [0.4, 0.5) is 0 Å². The predicted molar refractivity (Wildman–Crippen MR) is 112 cm³/mol. The van der Waals surface area contributed by atoms with Crippen molar-refractivity contribution in [2.24, 2.45) is 13.0 Å². The van der Waals surface area contributed by atoms with Gasteiger partial charge in [-0.15, -0.1) is 0 Å². The lowest BCUT2D eigenvalue weighted by atomic mass is 9.96. The van der Waals surface area contributed by atoms with Crippen molar-refractivity contribution < 1.29 is 9.53 Å². The number of carbonyl (C=O) groups excluding carboxylic acids is 1. The molecule has 1 saturated heterocycles. The highest BCUT2D eigenvalue weighted by Gasteiger charge is 2.32. The number of hydrogen-bond acceptors (Lipinski definition) is 5. The second-order valence-corrected chi connectivity index (χ2v) is 8.28. The molecule has 8 nitrogen and oxygen atoms in total. The summed E-state index contributed by atoms with van der Waals surface area (Å²) in [7, 11) is 3.43. The number of likely N-dealkylation sites (tertiary alicyclic amines) is 1. The molecule has 0 atom stereocenters. The van der Waals surface area contributed by atoms with E-state index in [4.69, 9.17) is 4.74 Å². The van der Waals surface area contributed by atoms with Crippen LogP contribution in [0.15, 0.2) is 29.1 Å². The van der Waals surface area contributed by atoms with Crippen LogP contribution in [0.5, 0.6) is 5.88 Å². The quantitative estimate of drug-likeness (QED) is 0.659. The summed E-state index contributed by atoms with van der Waals surface area (Å²) in [5.74, 6) is 0.916. The van der Waals surface area contributed by atoms with Crippen molar-refractivity contribution in [1.29, 1.82) is 0 Å². The molecule has 0 spiro atoms. The molecule has 156 valence electrons. The monoisotopic (exact) mass is 407 g/mol. The number of aromatic nitrogens is 4. The van der Waals surface area contributed by atoms with Gasteiger partial charge in [-0.1, -0.05) is 0 Å². The van der Waals surface area contributed by atoms with Crippen molar-refractivity contribution in [3.63, 3.8) is 0 Å². The molecule has 8 heteroatoms. The minimum atomic E-state index is -0.0324. The van der Waals surface area contributed by atoms with E-state index in [1.165, 1.54) is 0 Å². The Bertz CT molecular complexity index is 1190. The largest absolute Gasteiger partial charge is 0.481 e. The maximum Gasteiger partial charge on any atom is 0.267 e. The third kappa shape index (κ3) is 3.16. The van der Waals surface area contributed by atoms with E-state index >= 15 is 0 Å². The van der Waals surface area contributed by atoms with Crippen LogP contribution >= 0.6 is 0 Å². The second-order valence-electron chi connectivity index (χ2n) is 8.28. The molecular formula is C22H25N5O3. The van der Waals surface area contributed by atoms with Gasteiger partial charge < -0.3 is 9.64 Å². The molecule has 3 aromatic rings. The first-order valence-corrected chi connectivity index (χ1v) is 10.4. The fourth-order valence-corrected chi connectivity index (χ4v) is 4.56. The SMILES string of the molecule is COc1c2ccc(C(=O)N3CC(Cn4nc5c(cc4=O)CCCC5)C3)cc2nn1C. The van der Waals surface area contributed by atoms with E-state index in [0.717, 1.165) is 47.8 Å². The summed E-state index contributed by atoms with van der Waals surface area (Å²) in [6.07, 6.45) is 4.17. The van der Waals surface area contributed by atoms with Crippen LogP contribution in [0.25, 0.3) is 10.9 Å².